The van der Waals surface area contributed by atoms with E-state index in [0.29, 0.717) is 23.0 Å². The largest absolute Gasteiger partial charge is 0.490 e. The van der Waals surface area contributed by atoms with E-state index in [2.05, 4.69) is 36.6 Å². The van der Waals surface area contributed by atoms with E-state index >= 15 is 0 Å². The van der Waals surface area contributed by atoms with Crippen LogP contribution >= 0.6 is 11.3 Å². The number of anilines is 2. The molecule has 1 saturated heterocycles. The van der Waals surface area contributed by atoms with Crippen molar-refractivity contribution in [1.29, 1.82) is 0 Å². The van der Waals surface area contributed by atoms with Crippen LogP contribution in [0.2, 0.25) is 0 Å². The molecule has 0 saturated carbocycles. The first-order chi connectivity index (χ1) is 37.1. The molecule has 0 radical (unpaired) electrons. The fourth-order valence-corrected chi connectivity index (χ4v) is 10.4. The standard InChI is InChI=1S/C55H74N8O13S2/c1-10-40(36-14-12-11-13-15-36)61-51(66)44-29-38(32-63(44)52(67)49(54(3,4)5)62-50(65)35(2)76-53(68)56-9)60-48(64)33-74-25-24-72-21-20-71-22-23-73-26-27-75-45-31-42-39(30-47(45)78(69,70)55(6,7)8)41(18-19-57-42)59-37-16-17-46-43(28-37)58-34-77-46/h11-19,28,30-31,34-35,38,40,44,49H,10,20-27,29,32-33H2,1-9H3,(H,56,68)(H,57,59)(H,60,64)(H,61,66)(H,62,65)/t35?,38-,40?,44-,49?/m0/s1. The molecule has 5 aromatic rings. The summed E-state index contributed by atoms with van der Waals surface area (Å²) in [7, 11) is -2.48. The average Bonchev–Trinajstić information content (AvgIpc) is 4.18. The summed E-state index contributed by atoms with van der Waals surface area (Å²) in [5, 5.41) is 15.0. The molecule has 3 unspecified atom stereocenters. The number of likely N-dealkylation sites (tertiary alicyclic amines) is 1. The number of alkyl carbamates (subject to hydrolysis) is 1. The van der Waals surface area contributed by atoms with Crippen molar-refractivity contribution in [1.82, 2.24) is 36.1 Å². The second-order valence-electron chi connectivity index (χ2n) is 20.7. The van der Waals surface area contributed by atoms with Crippen molar-refractivity contribution in [3.8, 4) is 5.75 Å². The lowest BCUT2D eigenvalue weighted by atomic mass is 9.85. The predicted molar refractivity (Wildman–Crippen MR) is 296 cm³/mol. The van der Waals surface area contributed by atoms with Crippen LogP contribution in [0.15, 0.2) is 83.3 Å². The van der Waals surface area contributed by atoms with E-state index in [1.54, 1.807) is 82.8 Å². The molecule has 1 aliphatic heterocycles. The average molecular weight is 1120 g/mol. The van der Waals surface area contributed by atoms with Crippen molar-refractivity contribution in [2.75, 3.05) is 78.4 Å². The number of sulfone groups is 1. The number of carbonyl (C=O) groups excluding carboxylic acids is 5. The summed E-state index contributed by atoms with van der Waals surface area (Å²) in [6.45, 7) is 14.9. The molecule has 0 spiro atoms. The molecule has 5 N–H and O–H groups in total. The quantitative estimate of drug-likeness (QED) is 0.0365. The predicted octanol–water partition coefficient (Wildman–Crippen LogP) is 6.23. The van der Waals surface area contributed by atoms with Crippen molar-refractivity contribution in [3.63, 3.8) is 0 Å². The fraction of sp³-hybridized carbons (Fsp3) is 0.509. The number of thiazole rings is 1. The van der Waals surface area contributed by atoms with Crippen molar-refractivity contribution >= 4 is 83.4 Å². The van der Waals surface area contributed by atoms with E-state index in [1.807, 2.05) is 55.5 Å². The van der Waals surface area contributed by atoms with Gasteiger partial charge in [-0.05, 0) is 81.8 Å². The second kappa shape index (κ2) is 27.9. The Labute approximate surface area is 460 Å². The highest BCUT2D eigenvalue weighted by Gasteiger charge is 2.46. The van der Waals surface area contributed by atoms with Crippen molar-refractivity contribution in [2.24, 2.45) is 5.41 Å². The van der Waals surface area contributed by atoms with Gasteiger partial charge in [0.1, 0.15) is 35.9 Å². The van der Waals surface area contributed by atoms with Gasteiger partial charge < -0.3 is 59.9 Å². The number of pyridine rings is 1. The molecule has 6 rings (SSSR count). The van der Waals surface area contributed by atoms with E-state index in [1.165, 1.54) is 18.9 Å². The minimum atomic E-state index is -3.85. The first-order valence-electron chi connectivity index (χ1n) is 26.0. The molecular formula is C55H74N8O13S2. The summed E-state index contributed by atoms with van der Waals surface area (Å²) in [6, 6.07) is 17.3. The Balaban J connectivity index is 0.914. The number of ether oxygens (including phenoxy) is 6. The molecule has 0 bridgehead atoms. The Hall–Kier alpha value is -6.50. The summed E-state index contributed by atoms with van der Waals surface area (Å²) in [5.41, 5.74) is 4.76. The number of nitrogens with zero attached hydrogens (tertiary/aromatic N) is 3. The van der Waals surface area contributed by atoms with Gasteiger partial charge in [-0.3, -0.25) is 24.2 Å². The van der Waals surface area contributed by atoms with E-state index in [4.69, 9.17) is 28.4 Å². The zero-order valence-corrected chi connectivity index (χ0v) is 47.5. The van der Waals surface area contributed by atoms with E-state index in [-0.39, 0.29) is 89.1 Å². The topological polar surface area (TPSA) is 264 Å². The lowest BCUT2D eigenvalue weighted by Gasteiger charge is -2.36. The minimum absolute atomic E-state index is 0.0132. The third kappa shape index (κ3) is 16.5. The number of fused-ring (bicyclic) bond motifs is 2. The molecule has 3 aromatic carbocycles. The van der Waals surface area contributed by atoms with Crippen LogP contribution in [0, 0.1) is 5.41 Å². The van der Waals surface area contributed by atoms with Crippen LogP contribution in [0.5, 0.6) is 5.75 Å². The molecule has 1 fully saturated rings. The SMILES string of the molecule is CCC(NC(=O)[C@@H]1C[C@H](NC(=O)COCCOCCOCCOCCOc2cc3nccc(Nc4ccc5scnc5c4)c3cc2S(=O)(=O)C(C)(C)C)CN1C(=O)C(NC(=O)C(C)OC(=O)NC)C(C)(C)C)c1ccccc1. The number of carbonyl (C=O) groups is 5. The molecule has 1 aliphatic rings. The first-order valence-corrected chi connectivity index (χ1v) is 28.3. The number of amides is 5. The van der Waals surface area contributed by atoms with Crippen LogP contribution < -0.4 is 31.3 Å². The smallest absolute Gasteiger partial charge is 0.407 e. The monoisotopic (exact) mass is 1120 g/mol. The molecule has 0 aliphatic carbocycles. The Morgan fingerprint density at radius 3 is 2.12 bits per heavy atom. The van der Waals surface area contributed by atoms with Gasteiger partial charge in [0, 0.05) is 48.7 Å². The summed E-state index contributed by atoms with van der Waals surface area (Å²) in [5.74, 6) is -1.91. The Morgan fingerprint density at radius 2 is 1.47 bits per heavy atom. The molecule has 5 amide bonds. The number of hydrogen-bond acceptors (Lipinski definition) is 17. The van der Waals surface area contributed by atoms with E-state index in [0.717, 1.165) is 21.5 Å². The summed E-state index contributed by atoms with van der Waals surface area (Å²) in [6.07, 6.45) is 0.318. The van der Waals surface area contributed by atoms with Gasteiger partial charge in [-0.2, -0.15) is 0 Å². The van der Waals surface area contributed by atoms with Gasteiger partial charge in [0.25, 0.3) is 5.91 Å². The molecule has 5 atom stereocenters. The van der Waals surface area contributed by atoms with Gasteiger partial charge in [0.05, 0.1) is 78.3 Å². The third-order valence-electron chi connectivity index (χ3n) is 12.8. The van der Waals surface area contributed by atoms with Crippen LogP contribution in [0.1, 0.15) is 79.8 Å². The Kier molecular flexibility index (Phi) is 21.7. The zero-order valence-electron chi connectivity index (χ0n) is 45.8. The molecule has 3 heterocycles. The summed E-state index contributed by atoms with van der Waals surface area (Å²) in [4.78, 5) is 77.0. The zero-order chi connectivity index (χ0) is 56.6. The van der Waals surface area contributed by atoms with E-state index in [9.17, 15) is 32.4 Å². The summed E-state index contributed by atoms with van der Waals surface area (Å²) >= 11 is 1.55. The van der Waals surface area contributed by atoms with Crippen LogP contribution in [0.25, 0.3) is 21.1 Å². The molecule has 424 valence electrons. The van der Waals surface area contributed by atoms with Crippen LogP contribution in [0.4, 0.5) is 16.2 Å². The van der Waals surface area contributed by atoms with Crippen LogP contribution in [-0.4, -0.2) is 155 Å². The molecule has 2 aromatic heterocycles. The Bertz CT molecular complexity index is 2950. The van der Waals surface area contributed by atoms with Crippen molar-refractivity contribution in [2.45, 2.75) is 108 Å². The van der Waals surface area contributed by atoms with Gasteiger partial charge in [-0.1, -0.05) is 58.0 Å². The number of benzene rings is 3. The maximum Gasteiger partial charge on any atom is 0.407 e. The maximum absolute atomic E-state index is 14.4. The van der Waals surface area contributed by atoms with Gasteiger partial charge in [0.2, 0.25) is 17.7 Å². The second-order valence-corrected chi connectivity index (χ2v) is 24.2. The normalized spacial score (nSPS) is 16.0. The highest BCUT2D eigenvalue weighted by molar-refractivity contribution is 7.92. The van der Waals surface area contributed by atoms with Crippen LogP contribution in [0.3, 0.4) is 0 Å². The number of hydrogen-bond donors (Lipinski definition) is 5. The van der Waals surface area contributed by atoms with Gasteiger partial charge >= 0.3 is 6.09 Å². The highest BCUT2D eigenvalue weighted by atomic mass is 32.2. The Morgan fingerprint density at radius 1 is 0.808 bits per heavy atom. The number of nitrogens with one attached hydrogen (secondary N) is 5. The molecular weight excluding hydrogens is 1040 g/mol. The third-order valence-corrected chi connectivity index (χ3v) is 16.1. The molecule has 23 heteroatoms. The molecule has 21 nitrogen and oxygen atoms in total. The number of aromatic nitrogens is 2. The number of rotatable bonds is 27. The van der Waals surface area contributed by atoms with E-state index < -0.39 is 74.0 Å². The van der Waals surface area contributed by atoms with Crippen molar-refractivity contribution < 1.29 is 60.8 Å². The maximum atomic E-state index is 14.4. The fourth-order valence-electron chi connectivity index (χ4n) is 8.47. The minimum Gasteiger partial charge on any atom is -0.490 e. The lowest BCUT2D eigenvalue weighted by Crippen LogP contribution is -2.59. The van der Waals surface area contributed by atoms with Gasteiger partial charge in [-0.15, -0.1) is 11.3 Å². The highest BCUT2D eigenvalue weighted by Crippen LogP contribution is 2.38. The lowest BCUT2D eigenvalue weighted by molar-refractivity contribution is -0.145. The van der Waals surface area contributed by atoms with Crippen LogP contribution in [-0.2, 0) is 52.7 Å². The summed E-state index contributed by atoms with van der Waals surface area (Å²) < 4.78 is 61.4. The van der Waals surface area contributed by atoms with Crippen molar-refractivity contribution in [3.05, 3.63) is 84.0 Å². The molecule has 78 heavy (non-hydrogen) atoms. The van der Waals surface area contributed by atoms with Gasteiger partial charge in [-0.25, -0.2) is 18.2 Å². The first kappa shape index (κ1) is 60.7. The van der Waals surface area contributed by atoms with Gasteiger partial charge in [0.15, 0.2) is 15.9 Å².